The van der Waals surface area contributed by atoms with Gasteiger partial charge in [0.15, 0.2) is 6.61 Å². The SMILES string of the molecule is O=C(COc1ccccc1[C@@H]1c2sc(=O)[nH]c2S[C@H]2C(=O)N(c3ccc(F)cc3)C(=O)[C@@H]12)Nc1cccc2ccccc12. The van der Waals surface area contributed by atoms with E-state index in [2.05, 4.69) is 10.3 Å². The van der Waals surface area contributed by atoms with E-state index >= 15 is 0 Å². The van der Waals surface area contributed by atoms with E-state index < -0.39 is 34.7 Å². The number of aromatic nitrogens is 1. The fourth-order valence-corrected chi connectivity index (χ4v) is 8.24. The van der Waals surface area contributed by atoms with Gasteiger partial charge in [0.2, 0.25) is 11.8 Å². The Bertz CT molecular complexity index is 1970. The van der Waals surface area contributed by atoms with E-state index in [0.717, 1.165) is 38.8 Å². The highest BCUT2D eigenvalue weighted by Crippen LogP contribution is 2.54. The number of benzene rings is 4. The number of hydrogen-bond donors (Lipinski definition) is 2. The van der Waals surface area contributed by atoms with Crippen LogP contribution in [0.3, 0.4) is 0 Å². The van der Waals surface area contributed by atoms with Gasteiger partial charge in [0, 0.05) is 27.4 Å². The van der Waals surface area contributed by atoms with Crippen LogP contribution >= 0.6 is 23.1 Å². The van der Waals surface area contributed by atoms with Crippen molar-refractivity contribution in [1.29, 1.82) is 0 Å². The van der Waals surface area contributed by atoms with E-state index in [1.807, 2.05) is 42.5 Å². The molecule has 0 radical (unpaired) electrons. The molecule has 1 aromatic heterocycles. The molecule has 3 atom stereocenters. The molecule has 4 aromatic carbocycles. The van der Waals surface area contributed by atoms with Gasteiger partial charge in [0.05, 0.1) is 16.6 Å². The van der Waals surface area contributed by atoms with Crippen LogP contribution < -0.4 is 19.8 Å². The maximum absolute atomic E-state index is 13.9. The van der Waals surface area contributed by atoms with Crippen LogP contribution in [0.1, 0.15) is 16.4 Å². The molecule has 5 aromatic rings. The van der Waals surface area contributed by atoms with Crippen molar-refractivity contribution in [2.75, 3.05) is 16.8 Å². The fourth-order valence-electron chi connectivity index (χ4n) is 5.73. The number of nitrogens with one attached hydrogen (secondary N) is 2. The van der Waals surface area contributed by atoms with Gasteiger partial charge >= 0.3 is 4.87 Å². The monoisotopic (exact) mass is 611 g/mol. The summed E-state index contributed by atoms with van der Waals surface area (Å²) in [5.41, 5.74) is 1.51. The molecule has 1 saturated heterocycles. The number of hydrogen-bond acceptors (Lipinski definition) is 7. The van der Waals surface area contributed by atoms with Crippen molar-refractivity contribution in [3.63, 3.8) is 0 Å². The van der Waals surface area contributed by atoms with E-state index in [9.17, 15) is 23.6 Å². The summed E-state index contributed by atoms with van der Waals surface area (Å²) >= 11 is 2.13. The Morgan fingerprint density at radius 1 is 0.907 bits per heavy atom. The van der Waals surface area contributed by atoms with Crippen LogP contribution in [0.2, 0.25) is 0 Å². The first kappa shape index (κ1) is 27.1. The van der Waals surface area contributed by atoms with Gasteiger partial charge in [-0.3, -0.25) is 19.2 Å². The van der Waals surface area contributed by atoms with Crippen molar-refractivity contribution in [2.24, 2.45) is 5.92 Å². The Kier molecular flexibility index (Phi) is 6.83. The molecule has 3 heterocycles. The Morgan fingerprint density at radius 2 is 1.65 bits per heavy atom. The van der Waals surface area contributed by atoms with Gasteiger partial charge < -0.3 is 15.0 Å². The topological polar surface area (TPSA) is 109 Å². The molecule has 2 N–H and O–H groups in total. The zero-order chi connectivity index (χ0) is 29.7. The fraction of sp³-hybridized carbons (Fsp3) is 0.125. The van der Waals surface area contributed by atoms with Gasteiger partial charge in [-0.1, -0.05) is 77.7 Å². The second-order valence-electron chi connectivity index (χ2n) is 10.1. The molecule has 7 rings (SSSR count). The summed E-state index contributed by atoms with van der Waals surface area (Å²) in [5, 5.41) is 4.50. The number of anilines is 2. The predicted molar refractivity (Wildman–Crippen MR) is 163 cm³/mol. The van der Waals surface area contributed by atoms with Crippen molar-refractivity contribution in [3.8, 4) is 5.75 Å². The Labute approximate surface area is 252 Å². The van der Waals surface area contributed by atoms with Crippen LogP contribution in [0.25, 0.3) is 10.8 Å². The normalized spacial score (nSPS) is 19.3. The first-order valence-corrected chi connectivity index (χ1v) is 15.1. The van der Waals surface area contributed by atoms with Crippen LogP contribution in [0.4, 0.5) is 15.8 Å². The van der Waals surface area contributed by atoms with Crippen LogP contribution in [0.5, 0.6) is 5.75 Å². The molecule has 43 heavy (non-hydrogen) atoms. The minimum Gasteiger partial charge on any atom is -0.483 e. The molecule has 0 unspecified atom stereocenters. The van der Waals surface area contributed by atoms with Crippen molar-refractivity contribution >= 4 is 63.0 Å². The summed E-state index contributed by atoms with van der Waals surface area (Å²) in [7, 11) is 0. The molecule has 1 fully saturated rings. The van der Waals surface area contributed by atoms with Gasteiger partial charge in [-0.05, 0) is 41.8 Å². The molecule has 0 saturated carbocycles. The molecule has 0 aliphatic carbocycles. The largest absolute Gasteiger partial charge is 0.483 e. The number of aromatic amines is 1. The third-order valence-corrected chi connectivity index (χ3v) is 9.99. The van der Waals surface area contributed by atoms with Gasteiger partial charge in [-0.2, -0.15) is 0 Å². The van der Waals surface area contributed by atoms with E-state index in [1.165, 1.54) is 24.3 Å². The molecule has 0 bridgehead atoms. The van der Waals surface area contributed by atoms with Crippen molar-refractivity contribution in [2.45, 2.75) is 16.2 Å². The molecule has 214 valence electrons. The average molecular weight is 612 g/mol. The van der Waals surface area contributed by atoms with Gasteiger partial charge in [0.25, 0.3) is 5.91 Å². The number of thioether (sulfide) groups is 1. The smallest absolute Gasteiger partial charge is 0.305 e. The number of amides is 3. The van der Waals surface area contributed by atoms with Gasteiger partial charge in [-0.15, -0.1) is 0 Å². The van der Waals surface area contributed by atoms with Crippen molar-refractivity contribution in [1.82, 2.24) is 4.98 Å². The minimum absolute atomic E-state index is 0.275. The molecule has 2 aliphatic rings. The second kappa shape index (κ2) is 10.8. The number of imide groups is 1. The maximum Gasteiger partial charge on any atom is 0.305 e. The standard InChI is InChI=1S/C32H22FN3O5S2/c33-18-12-14-19(15-13-18)36-30(38)26-25(27-29(35-32(40)43-27)42-28(26)31(36)39)21-9-3-4-11-23(21)41-16-24(37)34-22-10-5-7-17-6-1-2-8-20(17)22/h1-15,25-26,28H,16H2,(H,34,37)(H,35,40)/t25-,26-,28+/m0/s1. The highest BCUT2D eigenvalue weighted by molar-refractivity contribution is 8.00. The highest BCUT2D eigenvalue weighted by Gasteiger charge is 2.56. The first-order valence-electron chi connectivity index (χ1n) is 13.4. The first-order chi connectivity index (χ1) is 20.9. The van der Waals surface area contributed by atoms with E-state index in [4.69, 9.17) is 4.74 Å². The summed E-state index contributed by atoms with van der Waals surface area (Å²) < 4.78 is 19.7. The highest BCUT2D eigenvalue weighted by atomic mass is 32.2. The van der Waals surface area contributed by atoms with E-state index in [0.29, 0.717) is 26.9 Å². The maximum atomic E-state index is 13.9. The quantitative estimate of drug-likeness (QED) is 0.244. The number of ether oxygens (including phenoxy) is 1. The van der Waals surface area contributed by atoms with Gasteiger partial charge in [0.1, 0.15) is 16.8 Å². The number of H-pyrrole nitrogens is 1. The lowest BCUT2D eigenvalue weighted by Gasteiger charge is -2.30. The van der Waals surface area contributed by atoms with Gasteiger partial charge in [-0.25, -0.2) is 9.29 Å². The molecule has 0 spiro atoms. The van der Waals surface area contributed by atoms with Crippen molar-refractivity contribution < 1.29 is 23.5 Å². The zero-order valence-electron chi connectivity index (χ0n) is 22.3. The molecular weight excluding hydrogens is 590 g/mol. The lowest BCUT2D eigenvalue weighted by molar-refractivity contribution is -0.122. The van der Waals surface area contributed by atoms with Crippen LogP contribution in [-0.4, -0.2) is 34.6 Å². The Morgan fingerprint density at radius 3 is 2.49 bits per heavy atom. The number of fused-ring (bicyclic) bond motifs is 3. The third-order valence-electron chi connectivity index (χ3n) is 7.59. The van der Waals surface area contributed by atoms with Crippen molar-refractivity contribution in [3.05, 3.63) is 117 Å². The number of carbonyl (C=O) groups excluding carboxylic acids is 3. The van der Waals surface area contributed by atoms with Crippen LogP contribution in [-0.2, 0) is 14.4 Å². The molecule has 8 nitrogen and oxygen atoms in total. The lowest BCUT2D eigenvalue weighted by Crippen LogP contribution is -2.32. The summed E-state index contributed by atoms with van der Waals surface area (Å²) in [6.45, 7) is -0.305. The van der Waals surface area contributed by atoms with Crippen LogP contribution in [0.15, 0.2) is 101 Å². The third kappa shape index (κ3) is 4.80. The molecule has 3 amide bonds. The van der Waals surface area contributed by atoms with E-state index in [-0.39, 0.29) is 23.1 Å². The minimum atomic E-state index is -0.851. The predicted octanol–water partition coefficient (Wildman–Crippen LogP) is 5.54. The number of para-hydroxylation sites is 1. The second-order valence-corrected chi connectivity index (χ2v) is 12.3. The summed E-state index contributed by atoms with van der Waals surface area (Å²) in [4.78, 5) is 57.2. The number of rotatable bonds is 6. The number of nitrogens with zero attached hydrogens (tertiary/aromatic N) is 1. The Balaban J connectivity index is 1.21. The number of thiazole rings is 1. The molecule has 11 heteroatoms. The number of carbonyl (C=O) groups is 3. The lowest BCUT2D eigenvalue weighted by atomic mass is 9.82. The summed E-state index contributed by atoms with van der Waals surface area (Å²) in [5.74, 6) is -2.93. The average Bonchev–Trinajstić information content (AvgIpc) is 3.51. The number of halogens is 1. The Hall–Kier alpha value is -4.74. The molecule has 2 aliphatic heterocycles. The van der Waals surface area contributed by atoms with Crippen LogP contribution in [0, 0.1) is 11.7 Å². The molecular formula is C32H22FN3O5S2. The summed E-state index contributed by atoms with van der Waals surface area (Å²) in [6, 6.07) is 25.6. The summed E-state index contributed by atoms with van der Waals surface area (Å²) in [6.07, 6.45) is 0. The zero-order valence-corrected chi connectivity index (χ0v) is 23.9. The van der Waals surface area contributed by atoms with E-state index in [1.54, 1.807) is 24.3 Å².